The summed E-state index contributed by atoms with van der Waals surface area (Å²) in [4.78, 5) is 13.1. The van der Waals surface area contributed by atoms with E-state index >= 15 is 0 Å². The summed E-state index contributed by atoms with van der Waals surface area (Å²) in [7, 11) is 0. The molecule has 1 rings (SSSR count). The Kier molecular flexibility index (Phi) is 56.2. The van der Waals surface area contributed by atoms with E-state index in [0.29, 0.717) is 6.42 Å². The van der Waals surface area contributed by atoms with Gasteiger partial charge in [0.05, 0.1) is 25.4 Å². The molecule has 1 amide bonds. The molecule has 6 N–H and O–H groups in total. The molecule has 9 heteroatoms. The second kappa shape index (κ2) is 60.0. The van der Waals surface area contributed by atoms with Gasteiger partial charge in [0, 0.05) is 6.42 Å². The number of rotatable bonds is 57. The predicted molar refractivity (Wildman–Crippen MR) is 345 cm³/mol. The summed E-state index contributed by atoms with van der Waals surface area (Å²) in [6.07, 6.45) is 81.8. The third kappa shape index (κ3) is 48.9. The van der Waals surface area contributed by atoms with Crippen molar-refractivity contribution < 1.29 is 39.8 Å². The molecule has 466 valence electrons. The number of carbonyl (C=O) groups excluding carboxylic acids is 1. The summed E-state index contributed by atoms with van der Waals surface area (Å²) in [5.41, 5.74) is 0. The number of unbranched alkanes of at least 4 members (excludes halogenated alkanes) is 31. The molecule has 0 aliphatic carbocycles. The average molecular weight is 1130 g/mol. The van der Waals surface area contributed by atoms with E-state index in [1.54, 1.807) is 6.08 Å². The van der Waals surface area contributed by atoms with Gasteiger partial charge < -0.3 is 40.3 Å². The molecule has 0 saturated carbocycles. The first-order valence-electron chi connectivity index (χ1n) is 33.6. The normalized spacial score (nSPS) is 19.1. The molecule has 1 saturated heterocycles. The standard InChI is InChI=1S/C72H125NO8/c1-3-5-7-9-11-13-15-17-19-21-23-25-27-29-31-33-35-37-39-41-43-45-47-49-51-53-55-57-59-61-66(75)65(64-80-72-71(79)70(78)69(77)67(63-74)81-72)73-68(76)62-60-58-56-54-52-50-48-46-44-42-40-38-36-34-32-30-28-26-24-22-20-18-16-14-12-10-8-6-4-2/h6,8,12,14,18,20,24,26,30,32,36,38,43,45,51,53,59,61,65-67,69-72,74-75,77-79H,3-5,7,9-11,13,15-17,19,21-23,25,27-29,31,33-35,37,39-42,44,46-50,52,54-58,60,62-64H2,1-2H3,(H,73,76)/b8-6-,14-12-,20-18-,26-24-,32-30-,38-36-,45-43+,53-51+,61-59+. The highest BCUT2D eigenvalue weighted by Crippen LogP contribution is 2.23. The molecule has 0 radical (unpaired) electrons. The van der Waals surface area contributed by atoms with Gasteiger partial charge in [-0.25, -0.2) is 0 Å². The Morgan fingerprint density at radius 2 is 0.778 bits per heavy atom. The smallest absolute Gasteiger partial charge is 0.220 e. The van der Waals surface area contributed by atoms with Crippen LogP contribution in [0.4, 0.5) is 0 Å². The third-order valence-electron chi connectivity index (χ3n) is 15.3. The van der Waals surface area contributed by atoms with Gasteiger partial charge in [0.15, 0.2) is 6.29 Å². The molecule has 1 aliphatic heterocycles. The van der Waals surface area contributed by atoms with E-state index in [1.807, 2.05) is 6.08 Å². The zero-order valence-corrected chi connectivity index (χ0v) is 52.0. The minimum absolute atomic E-state index is 0.198. The fourth-order valence-electron chi connectivity index (χ4n) is 10.1. The number of hydrogen-bond donors (Lipinski definition) is 6. The van der Waals surface area contributed by atoms with E-state index in [-0.39, 0.29) is 12.5 Å². The van der Waals surface area contributed by atoms with Crippen molar-refractivity contribution in [3.05, 3.63) is 109 Å². The molecular formula is C72H125NO8. The van der Waals surface area contributed by atoms with Gasteiger partial charge in [-0.3, -0.25) is 4.79 Å². The Bertz CT molecular complexity index is 1640. The fraction of sp³-hybridized carbons (Fsp3) is 0.736. The number of carbonyl (C=O) groups is 1. The summed E-state index contributed by atoms with van der Waals surface area (Å²) in [6.45, 7) is 3.66. The highest BCUT2D eigenvalue weighted by molar-refractivity contribution is 5.76. The van der Waals surface area contributed by atoms with Crippen LogP contribution in [0.1, 0.15) is 284 Å². The van der Waals surface area contributed by atoms with Crippen molar-refractivity contribution in [2.75, 3.05) is 13.2 Å². The first kappa shape index (κ1) is 75.9. The van der Waals surface area contributed by atoms with Gasteiger partial charge in [0.25, 0.3) is 0 Å². The van der Waals surface area contributed by atoms with Crippen LogP contribution >= 0.6 is 0 Å². The fourth-order valence-corrected chi connectivity index (χ4v) is 10.1. The lowest BCUT2D eigenvalue weighted by atomic mass is 9.99. The van der Waals surface area contributed by atoms with Crippen LogP contribution in [0.3, 0.4) is 0 Å². The highest BCUT2D eigenvalue weighted by atomic mass is 16.7. The number of ether oxygens (including phenoxy) is 2. The second-order valence-corrected chi connectivity index (χ2v) is 22.9. The average Bonchev–Trinajstić information content (AvgIpc) is 3.51. The molecule has 9 nitrogen and oxygen atoms in total. The Hall–Kier alpha value is -3.15. The van der Waals surface area contributed by atoms with Crippen LogP contribution < -0.4 is 5.32 Å². The molecule has 1 fully saturated rings. The monoisotopic (exact) mass is 1130 g/mol. The van der Waals surface area contributed by atoms with Crippen molar-refractivity contribution >= 4 is 5.91 Å². The highest BCUT2D eigenvalue weighted by Gasteiger charge is 2.44. The van der Waals surface area contributed by atoms with Crippen molar-refractivity contribution in [2.24, 2.45) is 0 Å². The van der Waals surface area contributed by atoms with Crippen molar-refractivity contribution in [1.29, 1.82) is 0 Å². The lowest BCUT2D eigenvalue weighted by Gasteiger charge is -2.40. The molecule has 0 aromatic rings. The van der Waals surface area contributed by atoms with Gasteiger partial charge in [0.1, 0.15) is 24.4 Å². The van der Waals surface area contributed by atoms with E-state index in [0.717, 1.165) is 96.3 Å². The number of aliphatic hydroxyl groups is 5. The van der Waals surface area contributed by atoms with Gasteiger partial charge in [-0.1, -0.05) is 290 Å². The SMILES string of the molecule is CC/C=C\C/C=C\C/C=C\C/C=C\C/C=C\C/C=C\CCCCCCCCCCCCC(=O)NC(COC1OC(CO)C(O)C(O)C1O)C(O)/C=C/CC/C=C/CC/C=C/CCCCCCCCCCCCCCCCCCCCC. The Morgan fingerprint density at radius 1 is 0.432 bits per heavy atom. The molecule has 0 spiro atoms. The van der Waals surface area contributed by atoms with Crippen LogP contribution in [0.25, 0.3) is 0 Å². The number of hydrogen-bond acceptors (Lipinski definition) is 8. The Balaban J connectivity index is 2.21. The Labute approximate surface area is 497 Å². The van der Waals surface area contributed by atoms with E-state index in [9.17, 15) is 30.3 Å². The number of amides is 1. The molecule has 0 bridgehead atoms. The molecule has 1 aliphatic rings. The van der Waals surface area contributed by atoms with Gasteiger partial charge in [-0.05, 0) is 96.3 Å². The molecular weight excluding hydrogens is 1010 g/mol. The first-order valence-corrected chi connectivity index (χ1v) is 33.6. The van der Waals surface area contributed by atoms with Crippen LogP contribution in [0.15, 0.2) is 109 Å². The van der Waals surface area contributed by atoms with E-state index < -0.39 is 49.5 Å². The van der Waals surface area contributed by atoms with Crippen molar-refractivity contribution in [3.63, 3.8) is 0 Å². The maximum Gasteiger partial charge on any atom is 0.220 e. The molecule has 7 atom stereocenters. The van der Waals surface area contributed by atoms with Crippen molar-refractivity contribution in [3.8, 4) is 0 Å². The molecule has 1 heterocycles. The number of aliphatic hydroxyl groups excluding tert-OH is 5. The van der Waals surface area contributed by atoms with Crippen LogP contribution in [-0.2, 0) is 14.3 Å². The third-order valence-corrected chi connectivity index (χ3v) is 15.3. The largest absolute Gasteiger partial charge is 0.394 e. The van der Waals surface area contributed by atoms with Crippen LogP contribution in [0.2, 0.25) is 0 Å². The zero-order chi connectivity index (χ0) is 58.6. The zero-order valence-electron chi connectivity index (χ0n) is 52.0. The molecule has 0 aromatic carbocycles. The molecule has 7 unspecified atom stereocenters. The van der Waals surface area contributed by atoms with Gasteiger partial charge in [-0.15, -0.1) is 0 Å². The first-order chi connectivity index (χ1) is 39.8. The minimum Gasteiger partial charge on any atom is -0.394 e. The van der Waals surface area contributed by atoms with Gasteiger partial charge in [0.2, 0.25) is 5.91 Å². The topological polar surface area (TPSA) is 149 Å². The van der Waals surface area contributed by atoms with Gasteiger partial charge in [-0.2, -0.15) is 0 Å². The summed E-state index contributed by atoms with van der Waals surface area (Å²) < 4.78 is 11.3. The van der Waals surface area contributed by atoms with E-state index in [2.05, 4.69) is 116 Å². The summed E-state index contributed by atoms with van der Waals surface area (Å²) in [5.74, 6) is -0.198. The lowest BCUT2D eigenvalue weighted by Crippen LogP contribution is -2.60. The summed E-state index contributed by atoms with van der Waals surface area (Å²) in [6, 6.07) is -0.840. The second-order valence-electron chi connectivity index (χ2n) is 22.9. The van der Waals surface area contributed by atoms with Crippen LogP contribution in [-0.4, -0.2) is 87.5 Å². The quantitative estimate of drug-likeness (QED) is 0.0261. The van der Waals surface area contributed by atoms with Gasteiger partial charge >= 0.3 is 0 Å². The molecule has 81 heavy (non-hydrogen) atoms. The predicted octanol–water partition coefficient (Wildman–Crippen LogP) is 18.1. The summed E-state index contributed by atoms with van der Waals surface area (Å²) in [5, 5.41) is 54.7. The molecule has 0 aromatic heterocycles. The number of nitrogens with one attached hydrogen (secondary N) is 1. The van der Waals surface area contributed by atoms with Crippen LogP contribution in [0, 0.1) is 0 Å². The minimum atomic E-state index is -1.58. The van der Waals surface area contributed by atoms with E-state index in [4.69, 9.17) is 9.47 Å². The number of allylic oxidation sites excluding steroid dienone is 17. The lowest BCUT2D eigenvalue weighted by molar-refractivity contribution is -0.302. The van der Waals surface area contributed by atoms with Crippen LogP contribution in [0.5, 0.6) is 0 Å². The van der Waals surface area contributed by atoms with E-state index in [1.165, 1.54) is 167 Å². The summed E-state index contributed by atoms with van der Waals surface area (Å²) >= 11 is 0. The maximum atomic E-state index is 13.1. The maximum absolute atomic E-state index is 13.1. The van der Waals surface area contributed by atoms with Crippen molar-refractivity contribution in [2.45, 2.75) is 326 Å². The van der Waals surface area contributed by atoms with Crippen molar-refractivity contribution in [1.82, 2.24) is 5.32 Å². The Morgan fingerprint density at radius 3 is 1.19 bits per heavy atom.